The Labute approximate surface area is 179 Å². The molecule has 0 saturated carbocycles. The van der Waals surface area contributed by atoms with Crippen LogP contribution in [-0.2, 0) is 13.0 Å². The van der Waals surface area contributed by atoms with Gasteiger partial charge in [0.1, 0.15) is 17.7 Å². The number of aliphatic imine (C=N–C) groups is 1. The van der Waals surface area contributed by atoms with Gasteiger partial charge in [0.2, 0.25) is 0 Å². The van der Waals surface area contributed by atoms with Crippen LogP contribution < -0.4 is 21.1 Å². The van der Waals surface area contributed by atoms with E-state index in [4.69, 9.17) is 16.2 Å². The first-order valence-corrected chi connectivity index (χ1v) is 10.1. The molecule has 1 aromatic heterocycles. The first-order valence-electron chi connectivity index (χ1n) is 10.1. The summed E-state index contributed by atoms with van der Waals surface area (Å²) in [5.74, 6) is 1.30. The third-order valence-electron chi connectivity index (χ3n) is 5.98. The van der Waals surface area contributed by atoms with Gasteiger partial charge in [-0.1, -0.05) is 18.2 Å². The highest BCUT2D eigenvalue weighted by Crippen LogP contribution is 2.36. The maximum atomic E-state index is 14.6. The summed E-state index contributed by atoms with van der Waals surface area (Å²) in [6, 6.07) is 12.9. The molecule has 31 heavy (non-hydrogen) atoms. The van der Waals surface area contributed by atoms with Crippen molar-refractivity contribution < 1.29 is 9.13 Å². The topological polar surface area (TPSA) is 109 Å². The number of guanidine groups is 1. The van der Waals surface area contributed by atoms with Gasteiger partial charge < -0.3 is 26.0 Å². The van der Waals surface area contributed by atoms with Crippen LogP contribution in [0, 0.1) is 5.82 Å². The van der Waals surface area contributed by atoms with Crippen LogP contribution in [0.25, 0.3) is 0 Å². The number of nitrogens with one attached hydrogen (secondary N) is 1. The van der Waals surface area contributed by atoms with Gasteiger partial charge in [0.05, 0.1) is 24.9 Å². The van der Waals surface area contributed by atoms with Crippen molar-refractivity contribution in [3.05, 3.63) is 71.2 Å². The van der Waals surface area contributed by atoms with Crippen molar-refractivity contribution in [1.82, 2.24) is 15.1 Å². The van der Waals surface area contributed by atoms with E-state index in [1.807, 2.05) is 17.0 Å². The first-order chi connectivity index (χ1) is 15.0. The maximum absolute atomic E-state index is 14.6. The molecular formula is C22H24FN7O. The van der Waals surface area contributed by atoms with E-state index in [0.717, 1.165) is 23.2 Å². The number of methoxy groups -OCH3 is 1. The molecule has 0 fully saturated rings. The van der Waals surface area contributed by atoms with Gasteiger partial charge in [0, 0.05) is 24.3 Å². The van der Waals surface area contributed by atoms with E-state index in [9.17, 15) is 4.39 Å². The first kappa shape index (κ1) is 19.4. The van der Waals surface area contributed by atoms with Crippen LogP contribution in [-0.4, -0.2) is 40.8 Å². The molecule has 0 saturated heterocycles. The summed E-state index contributed by atoms with van der Waals surface area (Å²) in [7, 11) is 1.58. The zero-order valence-electron chi connectivity index (χ0n) is 17.1. The summed E-state index contributed by atoms with van der Waals surface area (Å²) < 4.78 is 19.9. The standard InChI is InChI=1S/C22H24FN7O/c1-31-16-6-7-18(23)14(9-16)11-29-12-15(8-13-4-2-3-5-19(13)29)30-20(24)17-10-26-28-21(17)27-22(30)25/h2-7,9-10,15,20H,8,11-12,24H2,1H3,(H3,25,26,27,28). The number of hydrogen-bond acceptors (Lipinski definition) is 7. The van der Waals surface area contributed by atoms with Crippen molar-refractivity contribution in [3.8, 4) is 5.75 Å². The van der Waals surface area contributed by atoms with Gasteiger partial charge in [-0.2, -0.15) is 10.1 Å². The molecule has 0 bridgehead atoms. The van der Waals surface area contributed by atoms with Gasteiger partial charge in [0.15, 0.2) is 11.8 Å². The highest BCUT2D eigenvalue weighted by molar-refractivity contribution is 5.84. The summed E-state index contributed by atoms with van der Waals surface area (Å²) in [4.78, 5) is 8.53. The Kier molecular flexibility index (Phi) is 4.74. The third-order valence-corrected chi connectivity index (χ3v) is 5.98. The Hall–Kier alpha value is -3.59. The predicted molar refractivity (Wildman–Crippen MR) is 117 cm³/mol. The number of benzene rings is 2. The average Bonchev–Trinajstić information content (AvgIpc) is 3.24. The zero-order valence-corrected chi connectivity index (χ0v) is 17.1. The third kappa shape index (κ3) is 3.36. The Morgan fingerprint density at radius 1 is 1.26 bits per heavy atom. The second-order valence-electron chi connectivity index (χ2n) is 7.82. The zero-order chi connectivity index (χ0) is 21.5. The fourth-order valence-electron chi connectivity index (χ4n) is 4.48. The van der Waals surface area contributed by atoms with Gasteiger partial charge in [-0.15, -0.1) is 0 Å². The molecule has 2 atom stereocenters. The molecule has 3 heterocycles. The van der Waals surface area contributed by atoms with Crippen LogP contribution in [0.4, 0.5) is 15.9 Å². The van der Waals surface area contributed by atoms with Gasteiger partial charge in [-0.25, -0.2) is 4.39 Å². The van der Waals surface area contributed by atoms with E-state index >= 15 is 0 Å². The molecular weight excluding hydrogens is 397 g/mol. The molecule has 2 unspecified atom stereocenters. The van der Waals surface area contributed by atoms with Gasteiger partial charge >= 0.3 is 0 Å². The Balaban J connectivity index is 1.49. The lowest BCUT2D eigenvalue weighted by Gasteiger charge is -2.44. The van der Waals surface area contributed by atoms with Crippen molar-refractivity contribution in [1.29, 1.82) is 0 Å². The molecule has 2 aliphatic rings. The number of nitrogens with two attached hydrogens (primary N) is 2. The van der Waals surface area contributed by atoms with E-state index in [1.54, 1.807) is 25.4 Å². The van der Waals surface area contributed by atoms with E-state index in [0.29, 0.717) is 36.2 Å². The van der Waals surface area contributed by atoms with Crippen molar-refractivity contribution in [2.24, 2.45) is 16.5 Å². The molecule has 5 rings (SSSR count). The van der Waals surface area contributed by atoms with Crippen LogP contribution in [0.15, 0.2) is 53.7 Å². The molecule has 2 aromatic carbocycles. The van der Waals surface area contributed by atoms with Crippen molar-refractivity contribution in [3.63, 3.8) is 0 Å². The number of anilines is 1. The van der Waals surface area contributed by atoms with Gasteiger partial charge in [0.25, 0.3) is 0 Å². The number of halogens is 1. The van der Waals surface area contributed by atoms with Crippen LogP contribution in [0.5, 0.6) is 5.75 Å². The molecule has 0 spiro atoms. The number of ether oxygens (including phenoxy) is 1. The SMILES string of the molecule is COc1ccc(F)c(CN2CC(N3C(N)=Nc4[nH]ncc4C3N)Cc3ccccc32)c1. The van der Waals surface area contributed by atoms with Crippen molar-refractivity contribution >= 4 is 17.5 Å². The number of aromatic amines is 1. The summed E-state index contributed by atoms with van der Waals surface area (Å²) in [5, 5.41) is 6.87. The van der Waals surface area contributed by atoms with E-state index < -0.39 is 6.17 Å². The summed E-state index contributed by atoms with van der Waals surface area (Å²) in [6.07, 6.45) is 1.98. The minimum atomic E-state index is -0.461. The molecule has 0 amide bonds. The molecule has 8 nitrogen and oxygen atoms in total. The van der Waals surface area contributed by atoms with E-state index in [1.165, 1.54) is 6.07 Å². The minimum absolute atomic E-state index is 0.0367. The number of aromatic nitrogens is 2. The lowest BCUT2D eigenvalue weighted by atomic mass is 9.95. The smallest absolute Gasteiger partial charge is 0.199 e. The number of H-pyrrole nitrogens is 1. The maximum Gasteiger partial charge on any atom is 0.199 e. The van der Waals surface area contributed by atoms with Crippen LogP contribution in [0.2, 0.25) is 0 Å². The highest BCUT2D eigenvalue weighted by Gasteiger charge is 2.36. The number of para-hydroxylation sites is 1. The number of nitrogens with zero attached hydrogens (tertiary/aromatic N) is 4. The second kappa shape index (κ2) is 7.59. The Morgan fingerprint density at radius 3 is 2.94 bits per heavy atom. The van der Waals surface area contributed by atoms with E-state index in [-0.39, 0.29) is 11.9 Å². The molecule has 0 aliphatic carbocycles. The highest BCUT2D eigenvalue weighted by atomic mass is 19.1. The van der Waals surface area contributed by atoms with Crippen molar-refractivity contribution in [2.45, 2.75) is 25.2 Å². The normalized spacial score (nSPS) is 20.2. The molecule has 3 aromatic rings. The fourth-order valence-corrected chi connectivity index (χ4v) is 4.48. The fraction of sp³-hybridized carbons (Fsp3) is 0.273. The van der Waals surface area contributed by atoms with Gasteiger partial charge in [-0.05, 0) is 36.2 Å². The predicted octanol–water partition coefficient (Wildman–Crippen LogP) is 2.41. The monoisotopic (exact) mass is 421 g/mol. The molecule has 5 N–H and O–H groups in total. The summed E-state index contributed by atoms with van der Waals surface area (Å²) in [5.41, 5.74) is 16.5. The number of fused-ring (bicyclic) bond motifs is 2. The molecule has 160 valence electrons. The Morgan fingerprint density at radius 2 is 2.10 bits per heavy atom. The summed E-state index contributed by atoms with van der Waals surface area (Å²) in [6.45, 7) is 1.01. The lowest BCUT2D eigenvalue weighted by Crippen LogP contribution is -2.56. The van der Waals surface area contributed by atoms with Gasteiger partial charge in [-0.3, -0.25) is 5.10 Å². The Bertz CT molecular complexity index is 1140. The molecule has 2 aliphatic heterocycles. The number of hydrogen-bond donors (Lipinski definition) is 3. The molecule has 9 heteroatoms. The van der Waals surface area contributed by atoms with E-state index in [2.05, 4.69) is 32.2 Å². The van der Waals surface area contributed by atoms with Crippen LogP contribution in [0.3, 0.4) is 0 Å². The van der Waals surface area contributed by atoms with Crippen molar-refractivity contribution in [2.75, 3.05) is 18.6 Å². The number of rotatable bonds is 4. The molecule has 0 radical (unpaired) electrons. The average molecular weight is 421 g/mol. The largest absolute Gasteiger partial charge is 0.497 e. The minimum Gasteiger partial charge on any atom is -0.497 e. The lowest BCUT2D eigenvalue weighted by molar-refractivity contribution is 0.228. The quantitative estimate of drug-likeness (QED) is 0.597. The second-order valence-corrected chi connectivity index (χ2v) is 7.82. The van der Waals surface area contributed by atoms with Crippen LogP contribution in [0.1, 0.15) is 22.9 Å². The summed E-state index contributed by atoms with van der Waals surface area (Å²) >= 11 is 0. The van der Waals surface area contributed by atoms with Crippen LogP contribution >= 0.6 is 0 Å².